The summed E-state index contributed by atoms with van der Waals surface area (Å²) in [5, 5.41) is 1.92. The molecule has 0 unspecified atom stereocenters. The van der Waals surface area contributed by atoms with Crippen LogP contribution in [-0.2, 0) is 16.1 Å². The highest BCUT2D eigenvalue weighted by atomic mass is 16.2. The molecule has 0 atom stereocenters. The van der Waals surface area contributed by atoms with E-state index in [1.807, 2.05) is 54.9 Å². The molecule has 162 valence electrons. The molecular weight excluding hydrogens is 400 g/mol. The van der Waals surface area contributed by atoms with Gasteiger partial charge in [-0.25, -0.2) is 0 Å². The van der Waals surface area contributed by atoms with Gasteiger partial charge in [0.1, 0.15) is 0 Å². The van der Waals surface area contributed by atoms with Crippen molar-refractivity contribution in [3.05, 3.63) is 72.1 Å². The standard InChI is InChI=1S/C26H26N4O2/c1-28(2)13-8-14-30-16-20(18-10-5-7-12-22(18)30)24-23(25(31)29(3)26(24)32)19-15-27-21-11-6-4-9-17(19)21/h4-7,9-12,15-16,27H,8,13-14H2,1-3H3. The largest absolute Gasteiger partial charge is 0.361 e. The summed E-state index contributed by atoms with van der Waals surface area (Å²) in [6.07, 6.45) is 4.86. The van der Waals surface area contributed by atoms with Crippen LogP contribution in [0.3, 0.4) is 0 Å². The highest BCUT2D eigenvalue weighted by Gasteiger charge is 2.39. The molecule has 1 aliphatic heterocycles. The Labute approximate surface area is 186 Å². The van der Waals surface area contributed by atoms with Gasteiger partial charge in [-0.1, -0.05) is 36.4 Å². The van der Waals surface area contributed by atoms with Crippen molar-refractivity contribution in [1.82, 2.24) is 19.4 Å². The van der Waals surface area contributed by atoms with E-state index in [1.165, 1.54) is 4.90 Å². The predicted octanol–water partition coefficient (Wildman–Crippen LogP) is 3.98. The summed E-state index contributed by atoms with van der Waals surface area (Å²) in [6.45, 7) is 1.82. The molecule has 0 radical (unpaired) electrons. The second kappa shape index (κ2) is 7.80. The van der Waals surface area contributed by atoms with Gasteiger partial charge in [0.25, 0.3) is 11.8 Å². The number of amides is 2. The Hall–Kier alpha value is -3.64. The summed E-state index contributed by atoms with van der Waals surface area (Å²) in [5.74, 6) is -0.523. The molecule has 0 fully saturated rings. The van der Waals surface area contributed by atoms with E-state index in [1.54, 1.807) is 7.05 Å². The Morgan fingerprint density at radius 3 is 2.28 bits per heavy atom. The Morgan fingerprint density at radius 2 is 1.53 bits per heavy atom. The summed E-state index contributed by atoms with van der Waals surface area (Å²) in [7, 11) is 5.69. The van der Waals surface area contributed by atoms with Crippen LogP contribution < -0.4 is 0 Å². The van der Waals surface area contributed by atoms with Crippen molar-refractivity contribution in [2.45, 2.75) is 13.0 Å². The number of likely N-dealkylation sites (N-methyl/N-ethyl adjacent to an activating group) is 1. The molecule has 1 aliphatic rings. The molecule has 0 aliphatic carbocycles. The van der Waals surface area contributed by atoms with E-state index in [4.69, 9.17) is 0 Å². The first-order valence-electron chi connectivity index (χ1n) is 10.8. The van der Waals surface area contributed by atoms with E-state index in [0.717, 1.165) is 52.4 Å². The monoisotopic (exact) mass is 426 g/mol. The molecule has 5 rings (SSSR count). The van der Waals surface area contributed by atoms with Crippen LogP contribution in [0.4, 0.5) is 0 Å². The third kappa shape index (κ3) is 3.15. The number of hydrogen-bond donors (Lipinski definition) is 1. The summed E-state index contributed by atoms with van der Waals surface area (Å²) < 4.78 is 2.20. The highest BCUT2D eigenvalue weighted by Crippen LogP contribution is 2.40. The van der Waals surface area contributed by atoms with Crippen LogP contribution in [0.15, 0.2) is 60.9 Å². The van der Waals surface area contributed by atoms with Crippen molar-refractivity contribution >= 4 is 44.8 Å². The van der Waals surface area contributed by atoms with Crippen molar-refractivity contribution in [3.8, 4) is 0 Å². The number of nitrogens with zero attached hydrogens (tertiary/aromatic N) is 3. The minimum absolute atomic E-state index is 0.258. The SMILES string of the molecule is CN(C)CCCn1cc(C2=C(c3c[nH]c4ccccc34)C(=O)N(C)C2=O)c2ccccc21. The third-order valence-corrected chi connectivity index (χ3v) is 6.21. The Balaban J connectivity index is 1.72. The lowest BCUT2D eigenvalue weighted by atomic mass is 9.95. The zero-order chi connectivity index (χ0) is 22.4. The molecule has 6 nitrogen and oxygen atoms in total. The minimum atomic E-state index is -0.265. The normalized spacial score (nSPS) is 14.7. The fraction of sp³-hybridized carbons (Fsp3) is 0.231. The van der Waals surface area contributed by atoms with Crippen LogP contribution in [0.1, 0.15) is 17.5 Å². The van der Waals surface area contributed by atoms with E-state index in [0.29, 0.717) is 11.1 Å². The van der Waals surface area contributed by atoms with Gasteiger partial charge >= 0.3 is 0 Å². The number of H-pyrrole nitrogens is 1. The first-order chi connectivity index (χ1) is 15.5. The number of carbonyl (C=O) groups is 2. The number of hydrogen-bond acceptors (Lipinski definition) is 3. The van der Waals surface area contributed by atoms with Crippen LogP contribution >= 0.6 is 0 Å². The molecule has 2 aromatic carbocycles. The maximum atomic E-state index is 13.3. The van der Waals surface area contributed by atoms with Gasteiger partial charge in [0.15, 0.2) is 0 Å². The maximum absolute atomic E-state index is 13.3. The molecular formula is C26H26N4O2. The molecule has 0 bridgehead atoms. The summed E-state index contributed by atoms with van der Waals surface area (Å²) in [6, 6.07) is 15.9. The van der Waals surface area contributed by atoms with E-state index < -0.39 is 0 Å². The number of benzene rings is 2. The Morgan fingerprint density at radius 1 is 0.875 bits per heavy atom. The molecule has 32 heavy (non-hydrogen) atoms. The average Bonchev–Trinajstić information content (AvgIpc) is 3.43. The lowest BCUT2D eigenvalue weighted by Crippen LogP contribution is -2.26. The number of para-hydroxylation sites is 2. The topological polar surface area (TPSA) is 61.3 Å². The lowest BCUT2D eigenvalue weighted by Gasteiger charge is -2.10. The Bertz CT molecular complexity index is 1390. The number of aromatic amines is 1. The van der Waals surface area contributed by atoms with Gasteiger partial charge in [-0.05, 0) is 39.2 Å². The quantitative estimate of drug-likeness (QED) is 0.475. The number of carbonyl (C=O) groups excluding carboxylic acids is 2. The second-order valence-electron chi connectivity index (χ2n) is 8.58. The molecule has 6 heteroatoms. The van der Waals surface area contributed by atoms with Crippen molar-refractivity contribution < 1.29 is 9.59 Å². The molecule has 4 aromatic rings. The van der Waals surface area contributed by atoms with E-state index in [2.05, 4.69) is 34.6 Å². The zero-order valence-corrected chi connectivity index (χ0v) is 18.6. The number of rotatable bonds is 6. The zero-order valence-electron chi connectivity index (χ0n) is 18.6. The van der Waals surface area contributed by atoms with Gasteiger partial charge in [0.05, 0.1) is 11.1 Å². The van der Waals surface area contributed by atoms with E-state index in [-0.39, 0.29) is 11.8 Å². The summed E-state index contributed by atoms with van der Waals surface area (Å²) in [5.41, 5.74) is 4.53. The maximum Gasteiger partial charge on any atom is 0.261 e. The average molecular weight is 427 g/mol. The van der Waals surface area contributed by atoms with Crippen molar-refractivity contribution in [2.75, 3.05) is 27.7 Å². The first-order valence-corrected chi connectivity index (χ1v) is 10.8. The summed E-state index contributed by atoms with van der Waals surface area (Å²) in [4.78, 5) is 33.2. The van der Waals surface area contributed by atoms with Gasteiger partial charge in [-0.2, -0.15) is 0 Å². The second-order valence-corrected chi connectivity index (χ2v) is 8.58. The van der Waals surface area contributed by atoms with Gasteiger partial charge < -0.3 is 14.5 Å². The van der Waals surface area contributed by atoms with Crippen molar-refractivity contribution in [1.29, 1.82) is 0 Å². The number of aromatic nitrogens is 2. The third-order valence-electron chi connectivity index (χ3n) is 6.21. The van der Waals surface area contributed by atoms with Crippen LogP contribution in [0, 0.1) is 0 Å². The molecule has 2 aromatic heterocycles. The van der Waals surface area contributed by atoms with Gasteiger partial charge in [0.2, 0.25) is 0 Å². The van der Waals surface area contributed by atoms with Crippen LogP contribution in [-0.4, -0.2) is 58.9 Å². The van der Waals surface area contributed by atoms with Crippen LogP contribution in [0.2, 0.25) is 0 Å². The van der Waals surface area contributed by atoms with Crippen LogP contribution in [0.5, 0.6) is 0 Å². The van der Waals surface area contributed by atoms with Crippen LogP contribution in [0.25, 0.3) is 33.0 Å². The Kier molecular flexibility index (Phi) is 4.94. The fourth-order valence-corrected chi connectivity index (χ4v) is 4.61. The first kappa shape index (κ1) is 20.3. The predicted molar refractivity (Wildman–Crippen MR) is 128 cm³/mol. The highest BCUT2D eigenvalue weighted by molar-refractivity contribution is 6.50. The molecule has 0 saturated carbocycles. The minimum Gasteiger partial charge on any atom is -0.361 e. The molecule has 1 N–H and O–H groups in total. The van der Waals surface area contributed by atoms with Crippen molar-refractivity contribution in [2.24, 2.45) is 0 Å². The van der Waals surface area contributed by atoms with Gasteiger partial charge in [-0.3, -0.25) is 14.5 Å². The molecule has 2 amide bonds. The number of imide groups is 1. The van der Waals surface area contributed by atoms with Gasteiger partial charge in [-0.15, -0.1) is 0 Å². The van der Waals surface area contributed by atoms with E-state index in [9.17, 15) is 9.59 Å². The summed E-state index contributed by atoms with van der Waals surface area (Å²) >= 11 is 0. The number of aryl methyl sites for hydroxylation is 1. The molecule has 3 heterocycles. The molecule has 0 saturated heterocycles. The number of fused-ring (bicyclic) bond motifs is 2. The van der Waals surface area contributed by atoms with Gasteiger partial charge in [0, 0.05) is 58.9 Å². The van der Waals surface area contributed by atoms with Crippen molar-refractivity contribution in [3.63, 3.8) is 0 Å². The smallest absolute Gasteiger partial charge is 0.261 e. The number of nitrogens with one attached hydrogen (secondary N) is 1. The molecule has 0 spiro atoms. The lowest BCUT2D eigenvalue weighted by molar-refractivity contribution is -0.134. The van der Waals surface area contributed by atoms with E-state index >= 15 is 0 Å². The fourth-order valence-electron chi connectivity index (χ4n) is 4.61.